The van der Waals surface area contributed by atoms with E-state index in [-0.39, 0.29) is 5.91 Å². The Morgan fingerprint density at radius 3 is 2.65 bits per heavy atom. The molecule has 4 heteroatoms. The van der Waals surface area contributed by atoms with Crippen LogP contribution in [0.25, 0.3) is 0 Å². The number of hydrogen-bond donors (Lipinski definition) is 1. The molecule has 17 heavy (non-hydrogen) atoms. The molecule has 1 aromatic carbocycles. The number of hydrogen-bond acceptors (Lipinski definition) is 2. The Morgan fingerprint density at radius 1 is 1.29 bits per heavy atom. The van der Waals surface area contributed by atoms with Gasteiger partial charge in [-0.2, -0.15) is 0 Å². The van der Waals surface area contributed by atoms with Crippen LogP contribution in [-0.2, 0) is 6.42 Å². The molecule has 88 valence electrons. The Kier molecular flexibility index (Phi) is 3.64. The van der Waals surface area contributed by atoms with Gasteiger partial charge in [-0.1, -0.05) is 22.9 Å². The first-order valence-electron chi connectivity index (χ1n) is 5.34. The molecule has 2 rings (SSSR count). The number of rotatable bonds is 3. The Hall–Kier alpha value is -1.55. The molecule has 0 spiro atoms. The summed E-state index contributed by atoms with van der Waals surface area (Å²) < 4.78 is 6.20. The number of furan rings is 1. The summed E-state index contributed by atoms with van der Waals surface area (Å²) in [5.74, 6) is 0.567. The van der Waals surface area contributed by atoms with Gasteiger partial charge in [0.15, 0.2) is 0 Å². The van der Waals surface area contributed by atoms with Crippen molar-refractivity contribution in [3.8, 4) is 0 Å². The average Bonchev–Trinajstić information content (AvgIpc) is 2.80. The lowest BCUT2D eigenvalue weighted by molar-refractivity contribution is 0.102. The van der Waals surface area contributed by atoms with Crippen LogP contribution in [-0.4, -0.2) is 5.91 Å². The number of nitrogens with one attached hydrogen (secondary N) is 1. The Bertz CT molecular complexity index is 516. The molecule has 1 aromatic heterocycles. The SMILES string of the molecule is CCc1occc1C(=O)Nc1ccc(Br)cc1. The first-order valence-corrected chi connectivity index (χ1v) is 6.13. The van der Waals surface area contributed by atoms with Crippen molar-refractivity contribution in [3.63, 3.8) is 0 Å². The summed E-state index contributed by atoms with van der Waals surface area (Å²) in [5, 5.41) is 2.83. The van der Waals surface area contributed by atoms with Gasteiger partial charge in [0.25, 0.3) is 5.91 Å². The second-order valence-corrected chi connectivity index (χ2v) is 4.49. The van der Waals surface area contributed by atoms with Gasteiger partial charge in [-0.15, -0.1) is 0 Å². The monoisotopic (exact) mass is 293 g/mol. The first-order chi connectivity index (χ1) is 8.20. The van der Waals surface area contributed by atoms with Gasteiger partial charge in [0.05, 0.1) is 11.8 Å². The fraction of sp³-hybridized carbons (Fsp3) is 0.154. The van der Waals surface area contributed by atoms with Crippen molar-refractivity contribution >= 4 is 27.5 Å². The van der Waals surface area contributed by atoms with Crippen LogP contribution in [0.1, 0.15) is 23.0 Å². The zero-order chi connectivity index (χ0) is 12.3. The van der Waals surface area contributed by atoms with Crippen molar-refractivity contribution in [3.05, 3.63) is 52.4 Å². The quantitative estimate of drug-likeness (QED) is 0.934. The second kappa shape index (κ2) is 5.19. The summed E-state index contributed by atoms with van der Waals surface area (Å²) in [5.41, 5.74) is 1.36. The van der Waals surface area contributed by atoms with E-state index >= 15 is 0 Å². The Morgan fingerprint density at radius 2 is 2.00 bits per heavy atom. The highest BCUT2D eigenvalue weighted by atomic mass is 79.9. The maximum Gasteiger partial charge on any atom is 0.259 e. The molecule has 1 amide bonds. The fourth-order valence-corrected chi connectivity index (χ4v) is 1.81. The molecular formula is C13H12BrNO2. The molecule has 0 saturated carbocycles. The topological polar surface area (TPSA) is 42.2 Å². The first kappa shape index (κ1) is 11.9. The summed E-state index contributed by atoms with van der Waals surface area (Å²) in [6, 6.07) is 9.13. The Balaban J connectivity index is 2.14. The summed E-state index contributed by atoms with van der Waals surface area (Å²) in [6.07, 6.45) is 2.24. The predicted octanol–water partition coefficient (Wildman–Crippen LogP) is 3.86. The van der Waals surface area contributed by atoms with Crippen LogP contribution in [0.2, 0.25) is 0 Å². The molecule has 0 aliphatic heterocycles. The molecule has 0 bridgehead atoms. The minimum atomic E-state index is -0.141. The molecule has 0 radical (unpaired) electrons. The molecule has 0 fully saturated rings. The smallest absolute Gasteiger partial charge is 0.259 e. The third kappa shape index (κ3) is 2.77. The van der Waals surface area contributed by atoms with Crippen LogP contribution in [0.4, 0.5) is 5.69 Å². The minimum Gasteiger partial charge on any atom is -0.469 e. The molecule has 0 atom stereocenters. The second-order valence-electron chi connectivity index (χ2n) is 3.57. The average molecular weight is 294 g/mol. The lowest BCUT2D eigenvalue weighted by Crippen LogP contribution is -2.12. The van der Waals surface area contributed by atoms with E-state index in [9.17, 15) is 4.79 Å². The molecule has 0 aliphatic carbocycles. The number of halogens is 1. The lowest BCUT2D eigenvalue weighted by atomic mass is 10.2. The summed E-state index contributed by atoms with van der Waals surface area (Å²) in [4.78, 5) is 12.0. The summed E-state index contributed by atoms with van der Waals surface area (Å²) in [7, 11) is 0. The van der Waals surface area contributed by atoms with E-state index < -0.39 is 0 Å². The van der Waals surface area contributed by atoms with Crippen LogP contribution in [0.5, 0.6) is 0 Å². The number of amides is 1. The molecule has 1 N–H and O–H groups in total. The van der Waals surface area contributed by atoms with E-state index in [0.29, 0.717) is 17.7 Å². The third-order valence-corrected chi connectivity index (χ3v) is 2.94. The molecule has 0 unspecified atom stereocenters. The van der Waals surface area contributed by atoms with Crippen LogP contribution in [0.3, 0.4) is 0 Å². The number of carbonyl (C=O) groups excluding carboxylic acids is 1. The van der Waals surface area contributed by atoms with E-state index in [0.717, 1.165) is 10.2 Å². The predicted molar refractivity (Wildman–Crippen MR) is 70.2 cm³/mol. The van der Waals surface area contributed by atoms with Crippen molar-refractivity contribution in [1.82, 2.24) is 0 Å². The fourth-order valence-electron chi connectivity index (χ4n) is 1.55. The maximum absolute atomic E-state index is 12.0. The maximum atomic E-state index is 12.0. The van der Waals surface area contributed by atoms with Crippen molar-refractivity contribution in [2.45, 2.75) is 13.3 Å². The van der Waals surface area contributed by atoms with Crippen LogP contribution >= 0.6 is 15.9 Å². The molecule has 0 aliphatic rings. The number of carbonyl (C=O) groups is 1. The van der Waals surface area contributed by atoms with E-state index in [1.165, 1.54) is 6.26 Å². The van der Waals surface area contributed by atoms with Gasteiger partial charge in [0.2, 0.25) is 0 Å². The van der Waals surface area contributed by atoms with Crippen molar-refractivity contribution in [2.24, 2.45) is 0 Å². The minimum absolute atomic E-state index is 0.141. The number of aryl methyl sites for hydroxylation is 1. The van der Waals surface area contributed by atoms with Gasteiger partial charge in [-0.05, 0) is 30.3 Å². The van der Waals surface area contributed by atoms with E-state index in [1.54, 1.807) is 6.07 Å². The van der Waals surface area contributed by atoms with Crippen molar-refractivity contribution in [1.29, 1.82) is 0 Å². The van der Waals surface area contributed by atoms with Crippen molar-refractivity contribution < 1.29 is 9.21 Å². The zero-order valence-corrected chi connectivity index (χ0v) is 11.0. The number of benzene rings is 1. The third-order valence-electron chi connectivity index (χ3n) is 2.41. The lowest BCUT2D eigenvalue weighted by Gasteiger charge is -2.04. The van der Waals surface area contributed by atoms with Gasteiger partial charge in [0.1, 0.15) is 5.76 Å². The van der Waals surface area contributed by atoms with Gasteiger partial charge >= 0.3 is 0 Å². The highest BCUT2D eigenvalue weighted by molar-refractivity contribution is 9.10. The van der Waals surface area contributed by atoms with Crippen molar-refractivity contribution in [2.75, 3.05) is 5.32 Å². The molecule has 0 saturated heterocycles. The van der Waals surface area contributed by atoms with E-state index in [4.69, 9.17) is 4.42 Å². The largest absolute Gasteiger partial charge is 0.469 e. The normalized spacial score (nSPS) is 10.2. The highest BCUT2D eigenvalue weighted by Gasteiger charge is 2.13. The van der Waals surface area contributed by atoms with Gasteiger partial charge in [0, 0.05) is 16.6 Å². The van der Waals surface area contributed by atoms with E-state index in [2.05, 4.69) is 21.2 Å². The summed E-state index contributed by atoms with van der Waals surface area (Å²) in [6.45, 7) is 1.95. The zero-order valence-electron chi connectivity index (χ0n) is 9.37. The Labute approximate surface area is 108 Å². The van der Waals surface area contributed by atoms with Gasteiger partial charge in [-0.25, -0.2) is 0 Å². The van der Waals surface area contributed by atoms with Crippen LogP contribution in [0, 0.1) is 0 Å². The van der Waals surface area contributed by atoms with Gasteiger partial charge < -0.3 is 9.73 Å². The highest BCUT2D eigenvalue weighted by Crippen LogP contribution is 2.17. The molecule has 2 aromatic rings. The standard InChI is InChI=1S/C13H12BrNO2/c1-2-12-11(7-8-17-12)13(16)15-10-5-3-9(14)4-6-10/h3-8H,2H2,1H3,(H,15,16). The molecule has 3 nitrogen and oxygen atoms in total. The van der Waals surface area contributed by atoms with Gasteiger partial charge in [-0.3, -0.25) is 4.79 Å². The summed E-state index contributed by atoms with van der Waals surface area (Å²) >= 11 is 3.35. The molecular weight excluding hydrogens is 282 g/mol. The molecule has 1 heterocycles. The number of anilines is 1. The van der Waals surface area contributed by atoms with E-state index in [1.807, 2.05) is 31.2 Å². The van der Waals surface area contributed by atoms with Crippen LogP contribution < -0.4 is 5.32 Å². The van der Waals surface area contributed by atoms with Crippen LogP contribution in [0.15, 0.2) is 45.5 Å².